The van der Waals surface area contributed by atoms with E-state index >= 15 is 0 Å². The van der Waals surface area contributed by atoms with Gasteiger partial charge in [0.2, 0.25) is 6.41 Å². The Hall–Kier alpha value is -2.04. The number of hydrogen-bond donors (Lipinski definition) is 2. The molecule has 86 valence electrons. The molecule has 16 heavy (non-hydrogen) atoms. The number of hydrazone groups is 1. The Balaban J connectivity index is 2.70. The Morgan fingerprint density at radius 3 is 3.00 bits per heavy atom. The molecule has 0 aliphatic rings. The van der Waals surface area contributed by atoms with Gasteiger partial charge in [-0.15, -0.1) is 0 Å². The summed E-state index contributed by atoms with van der Waals surface area (Å²) in [5, 5.41) is 13.2. The van der Waals surface area contributed by atoms with Gasteiger partial charge in [0, 0.05) is 11.6 Å². The molecule has 2 N–H and O–H groups in total. The van der Waals surface area contributed by atoms with Crippen molar-refractivity contribution in [1.82, 2.24) is 5.43 Å². The van der Waals surface area contributed by atoms with Gasteiger partial charge >= 0.3 is 0 Å². The number of rotatable bonds is 6. The van der Waals surface area contributed by atoms with Crippen LogP contribution in [0.25, 0.3) is 0 Å². The number of aromatic hydroxyl groups is 1. The van der Waals surface area contributed by atoms with E-state index in [1.165, 1.54) is 12.3 Å². The molecule has 1 rings (SSSR count). The molecule has 0 fully saturated rings. The Morgan fingerprint density at radius 2 is 2.38 bits per heavy atom. The Bertz CT molecular complexity index is 377. The fraction of sp³-hybridized carbons (Fsp3) is 0.273. The number of nitrogens with one attached hydrogen (secondary N) is 1. The zero-order chi connectivity index (χ0) is 11.8. The van der Waals surface area contributed by atoms with E-state index < -0.39 is 0 Å². The zero-order valence-corrected chi connectivity index (χ0v) is 9.01. The van der Waals surface area contributed by atoms with E-state index in [0.29, 0.717) is 24.3 Å². The SMILES string of the molecule is CCCOc1ccc(/C=N/NC=O)c(O)c1. The van der Waals surface area contributed by atoms with Gasteiger partial charge in [0.25, 0.3) is 0 Å². The van der Waals surface area contributed by atoms with Crippen molar-refractivity contribution in [2.24, 2.45) is 5.10 Å². The highest BCUT2D eigenvalue weighted by Crippen LogP contribution is 2.22. The largest absolute Gasteiger partial charge is 0.507 e. The molecule has 5 heteroatoms. The lowest BCUT2D eigenvalue weighted by Gasteiger charge is -2.05. The highest BCUT2D eigenvalue weighted by molar-refractivity contribution is 5.83. The number of phenolic OH excluding ortho intramolecular Hbond substituents is 1. The molecule has 0 aliphatic heterocycles. The summed E-state index contributed by atoms with van der Waals surface area (Å²) in [6, 6.07) is 4.91. The summed E-state index contributed by atoms with van der Waals surface area (Å²) < 4.78 is 5.34. The van der Waals surface area contributed by atoms with Crippen LogP contribution < -0.4 is 10.2 Å². The van der Waals surface area contributed by atoms with Crippen LogP contribution in [0.3, 0.4) is 0 Å². The van der Waals surface area contributed by atoms with Crippen molar-refractivity contribution in [3.05, 3.63) is 23.8 Å². The second kappa shape index (κ2) is 6.44. The molecule has 0 heterocycles. The first-order valence-corrected chi connectivity index (χ1v) is 4.96. The number of ether oxygens (including phenoxy) is 1. The Kier molecular flexibility index (Phi) is 4.85. The minimum Gasteiger partial charge on any atom is -0.507 e. The number of amides is 1. The molecule has 0 atom stereocenters. The third kappa shape index (κ3) is 3.61. The lowest BCUT2D eigenvalue weighted by Crippen LogP contribution is -2.01. The summed E-state index contributed by atoms with van der Waals surface area (Å²) in [6.45, 7) is 2.62. The van der Waals surface area contributed by atoms with E-state index in [1.807, 2.05) is 6.92 Å². The van der Waals surface area contributed by atoms with Crippen molar-refractivity contribution >= 4 is 12.6 Å². The van der Waals surface area contributed by atoms with Crippen molar-refractivity contribution < 1.29 is 14.6 Å². The second-order valence-corrected chi connectivity index (χ2v) is 3.07. The number of nitrogens with zero attached hydrogens (tertiary/aromatic N) is 1. The fourth-order valence-corrected chi connectivity index (χ4v) is 1.08. The van der Waals surface area contributed by atoms with Crippen LogP contribution in [0.4, 0.5) is 0 Å². The molecule has 1 aromatic rings. The van der Waals surface area contributed by atoms with Crippen molar-refractivity contribution in [1.29, 1.82) is 0 Å². The molecule has 0 bridgehead atoms. The lowest BCUT2D eigenvalue weighted by atomic mass is 10.2. The normalized spacial score (nSPS) is 10.3. The average molecular weight is 222 g/mol. The molecule has 5 nitrogen and oxygen atoms in total. The van der Waals surface area contributed by atoms with Gasteiger partial charge in [0.1, 0.15) is 11.5 Å². The molecule has 0 aliphatic carbocycles. The molecule has 0 radical (unpaired) electrons. The summed E-state index contributed by atoms with van der Waals surface area (Å²) in [6.07, 6.45) is 2.72. The maximum absolute atomic E-state index is 9.94. The molecule has 0 unspecified atom stereocenters. The topological polar surface area (TPSA) is 70.9 Å². The highest BCUT2D eigenvalue weighted by atomic mass is 16.5. The quantitative estimate of drug-likeness (QED) is 0.432. The summed E-state index contributed by atoms with van der Waals surface area (Å²) >= 11 is 0. The minimum absolute atomic E-state index is 0.0602. The van der Waals surface area contributed by atoms with E-state index in [-0.39, 0.29) is 5.75 Å². The van der Waals surface area contributed by atoms with Crippen molar-refractivity contribution in [2.45, 2.75) is 13.3 Å². The van der Waals surface area contributed by atoms with Crippen molar-refractivity contribution in [2.75, 3.05) is 6.61 Å². The van der Waals surface area contributed by atoms with Gasteiger partial charge in [-0.1, -0.05) is 6.92 Å². The van der Waals surface area contributed by atoms with Crippen molar-refractivity contribution in [3.8, 4) is 11.5 Å². The van der Waals surface area contributed by atoms with Crippen LogP contribution in [0.5, 0.6) is 11.5 Å². The molecule has 0 saturated carbocycles. The summed E-state index contributed by atoms with van der Waals surface area (Å²) in [7, 11) is 0. The highest BCUT2D eigenvalue weighted by Gasteiger charge is 2.00. The number of carbonyl (C=O) groups is 1. The van der Waals surface area contributed by atoms with E-state index in [1.54, 1.807) is 12.1 Å². The van der Waals surface area contributed by atoms with Gasteiger partial charge in [0.15, 0.2) is 0 Å². The van der Waals surface area contributed by atoms with Gasteiger partial charge in [-0.25, -0.2) is 5.43 Å². The van der Waals surface area contributed by atoms with Crippen LogP contribution in [0.1, 0.15) is 18.9 Å². The van der Waals surface area contributed by atoms with Gasteiger partial charge in [0.05, 0.1) is 12.8 Å². The lowest BCUT2D eigenvalue weighted by molar-refractivity contribution is -0.109. The number of phenols is 1. The smallest absolute Gasteiger partial charge is 0.227 e. The Labute approximate surface area is 93.7 Å². The van der Waals surface area contributed by atoms with E-state index in [0.717, 1.165) is 6.42 Å². The van der Waals surface area contributed by atoms with Crippen LogP contribution in [-0.2, 0) is 4.79 Å². The van der Waals surface area contributed by atoms with Gasteiger partial charge < -0.3 is 9.84 Å². The first-order chi connectivity index (χ1) is 7.77. The van der Waals surface area contributed by atoms with Crippen LogP contribution in [0.15, 0.2) is 23.3 Å². The predicted molar refractivity (Wildman–Crippen MR) is 60.7 cm³/mol. The first kappa shape index (κ1) is 12.0. The maximum atomic E-state index is 9.94. The van der Waals surface area contributed by atoms with Gasteiger partial charge in [-0.2, -0.15) is 5.10 Å². The number of benzene rings is 1. The van der Waals surface area contributed by atoms with Crippen LogP contribution in [0.2, 0.25) is 0 Å². The molecule has 1 aromatic carbocycles. The van der Waals surface area contributed by atoms with E-state index in [2.05, 4.69) is 10.5 Å². The first-order valence-electron chi connectivity index (χ1n) is 4.96. The third-order valence-electron chi connectivity index (χ3n) is 1.81. The molecule has 1 amide bonds. The molecule has 0 spiro atoms. The maximum Gasteiger partial charge on any atom is 0.227 e. The van der Waals surface area contributed by atoms with Crippen LogP contribution >= 0.6 is 0 Å². The van der Waals surface area contributed by atoms with E-state index in [9.17, 15) is 9.90 Å². The molecule has 0 aromatic heterocycles. The number of carbonyl (C=O) groups excluding carboxylic acids is 1. The summed E-state index contributed by atoms with van der Waals surface area (Å²) in [4.78, 5) is 9.94. The van der Waals surface area contributed by atoms with Gasteiger partial charge in [-0.3, -0.25) is 4.79 Å². The van der Waals surface area contributed by atoms with Crippen LogP contribution in [-0.4, -0.2) is 24.3 Å². The van der Waals surface area contributed by atoms with Gasteiger partial charge in [-0.05, 0) is 18.6 Å². The third-order valence-corrected chi connectivity index (χ3v) is 1.81. The Morgan fingerprint density at radius 1 is 1.56 bits per heavy atom. The molecule has 0 saturated heterocycles. The summed E-state index contributed by atoms with van der Waals surface area (Å²) in [5.74, 6) is 0.671. The van der Waals surface area contributed by atoms with Crippen molar-refractivity contribution in [3.63, 3.8) is 0 Å². The number of hydrogen-bond acceptors (Lipinski definition) is 4. The standard InChI is InChI=1S/C11H14N2O3/c1-2-5-16-10-4-3-9(11(15)6-10)7-12-13-8-14/h3-4,6-8,15H,2,5H2,1H3,(H,13,14)/b12-7+. The molecular formula is C11H14N2O3. The average Bonchev–Trinajstić information content (AvgIpc) is 2.29. The zero-order valence-electron chi connectivity index (χ0n) is 9.01. The summed E-state index contributed by atoms with van der Waals surface area (Å²) in [5.41, 5.74) is 2.63. The van der Waals surface area contributed by atoms with E-state index in [4.69, 9.17) is 4.74 Å². The van der Waals surface area contributed by atoms with Crippen LogP contribution in [0, 0.1) is 0 Å². The minimum atomic E-state index is 0.0602. The second-order valence-electron chi connectivity index (χ2n) is 3.07. The fourth-order valence-electron chi connectivity index (χ4n) is 1.08. The monoisotopic (exact) mass is 222 g/mol. The predicted octanol–water partition coefficient (Wildman–Crippen LogP) is 1.26. The molecular weight excluding hydrogens is 208 g/mol.